The van der Waals surface area contributed by atoms with Gasteiger partial charge in [0.25, 0.3) is 5.91 Å². The molecule has 2 aromatic heterocycles. The van der Waals surface area contributed by atoms with Crippen molar-refractivity contribution in [1.82, 2.24) is 20.2 Å². The van der Waals surface area contributed by atoms with Crippen LogP contribution in [0.1, 0.15) is 43.2 Å². The van der Waals surface area contributed by atoms with Gasteiger partial charge in [-0.1, -0.05) is 0 Å². The van der Waals surface area contributed by atoms with Crippen LogP contribution in [0.2, 0.25) is 0 Å². The van der Waals surface area contributed by atoms with Gasteiger partial charge in [-0.3, -0.25) is 9.78 Å². The van der Waals surface area contributed by atoms with Crippen LogP contribution in [-0.2, 0) is 11.2 Å². The Morgan fingerprint density at radius 3 is 2.87 bits per heavy atom. The molecule has 0 unspecified atom stereocenters. The number of carbonyl (C=O) groups excluding carboxylic acids is 2. The Morgan fingerprint density at radius 2 is 2.20 bits per heavy atom. The molecule has 2 aliphatic rings. The lowest BCUT2D eigenvalue weighted by Gasteiger charge is -2.41. The van der Waals surface area contributed by atoms with Gasteiger partial charge in [0.2, 0.25) is 0 Å². The number of likely N-dealkylation sites (tertiary alicyclic amines) is 1. The van der Waals surface area contributed by atoms with Gasteiger partial charge in [0.1, 0.15) is 18.0 Å². The largest absolute Gasteiger partial charge is 0.489 e. The number of aromatic amines is 1. The second-order valence-corrected chi connectivity index (χ2v) is 9.55. The zero-order valence-electron chi connectivity index (χ0n) is 17.3. The molecule has 2 amide bonds. The average Bonchev–Trinajstić information content (AvgIpc) is 2.97. The average molecular weight is 524 g/mol. The molecular formula is C21H25IN4O4. The topological polar surface area (TPSA) is 96.5 Å². The third kappa shape index (κ3) is 4.12. The predicted molar refractivity (Wildman–Crippen MR) is 120 cm³/mol. The molecule has 2 aliphatic heterocycles. The van der Waals surface area contributed by atoms with Gasteiger partial charge in [0, 0.05) is 37.0 Å². The Kier molecular flexibility index (Phi) is 5.65. The van der Waals surface area contributed by atoms with E-state index in [9.17, 15) is 9.59 Å². The molecule has 30 heavy (non-hydrogen) atoms. The van der Waals surface area contributed by atoms with E-state index in [2.05, 4.69) is 37.9 Å². The summed E-state index contributed by atoms with van der Waals surface area (Å²) in [7, 11) is 0. The lowest BCUT2D eigenvalue weighted by atomic mass is 10.1. The smallest absolute Gasteiger partial charge is 0.410 e. The molecule has 0 aliphatic carbocycles. The number of aromatic nitrogens is 2. The highest BCUT2D eigenvalue weighted by Gasteiger charge is 2.36. The molecular weight excluding hydrogens is 499 g/mol. The lowest BCUT2D eigenvalue weighted by Crippen LogP contribution is -2.55. The quantitative estimate of drug-likeness (QED) is 0.599. The van der Waals surface area contributed by atoms with Crippen molar-refractivity contribution >= 4 is 34.6 Å². The van der Waals surface area contributed by atoms with Crippen LogP contribution in [0.3, 0.4) is 0 Å². The van der Waals surface area contributed by atoms with E-state index >= 15 is 0 Å². The number of carbonyl (C=O) groups is 2. The van der Waals surface area contributed by atoms with Gasteiger partial charge in [-0.15, -0.1) is 0 Å². The fourth-order valence-electron chi connectivity index (χ4n) is 3.59. The van der Waals surface area contributed by atoms with Gasteiger partial charge in [-0.25, -0.2) is 4.79 Å². The third-order valence-electron chi connectivity index (χ3n) is 5.16. The van der Waals surface area contributed by atoms with Crippen molar-refractivity contribution in [2.45, 2.75) is 45.3 Å². The maximum absolute atomic E-state index is 12.3. The minimum Gasteiger partial charge on any atom is -0.489 e. The highest BCUT2D eigenvalue weighted by atomic mass is 127. The number of H-pyrrole nitrogens is 1. The number of amides is 2. The van der Waals surface area contributed by atoms with E-state index in [1.807, 2.05) is 26.8 Å². The summed E-state index contributed by atoms with van der Waals surface area (Å²) in [6.07, 6.45) is 4.69. The van der Waals surface area contributed by atoms with E-state index in [0.717, 1.165) is 33.4 Å². The third-order valence-corrected chi connectivity index (χ3v) is 6.24. The summed E-state index contributed by atoms with van der Waals surface area (Å²) in [6, 6.07) is 1.84. The van der Waals surface area contributed by atoms with Gasteiger partial charge in [-0.05, 0) is 55.8 Å². The molecule has 0 aromatic carbocycles. The molecule has 9 heteroatoms. The molecule has 0 saturated carbocycles. The van der Waals surface area contributed by atoms with Crippen LogP contribution in [0.15, 0.2) is 18.5 Å². The second-order valence-electron chi connectivity index (χ2n) is 8.47. The lowest BCUT2D eigenvalue weighted by molar-refractivity contribution is -0.0141. The number of nitrogens with one attached hydrogen (secondary N) is 2. The number of rotatable bonds is 4. The van der Waals surface area contributed by atoms with Crippen molar-refractivity contribution in [3.05, 3.63) is 33.3 Å². The predicted octanol–water partition coefficient (Wildman–Crippen LogP) is 3.36. The van der Waals surface area contributed by atoms with E-state index in [1.54, 1.807) is 17.3 Å². The summed E-state index contributed by atoms with van der Waals surface area (Å²) in [5, 5.41) is 2.89. The molecule has 4 rings (SSSR count). The van der Waals surface area contributed by atoms with Crippen LogP contribution in [0.5, 0.6) is 5.75 Å². The Morgan fingerprint density at radius 1 is 1.40 bits per heavy atom. The van der Waals surface area contributed by atoms with E-state index in [1.165, 1.54) is 0 Å². The van der Waals surface area contributed by atoms with Gasteiger partial charge >= 0.3 is 6.09 Å². The molecule has 1 fully saturated rings. The number of nitrogens with zero attached hydrogens (tertiary/aromatic N) is 2. The SMILES string of the molecule is CC(C)(C)OC(=O)N1CC[C@H]1COc1cnccc1-c1[nH]c2c(c1I)C(=O)NCC2. The molecule has 1 atom stereocenters. The Bertz CT molecular complexity index is 982. The van der Waals surface area contributed by atoms with Crippen LogP contribution >= 0.6 is 22.6 Å². The molecule has 1 saturated heterocycles. The Balaban J connectivity index is 1.50. The van der Waals surface area contributed by atoms with Crippen LogP contribution in [-0.4, -0.2) is 58.2 Å². The summed E-state index contributed by atoms with van der Waals surface area (Å²) >= 11 is 2.20. The summed E-state index contributed by atoms with van der Waals surface area (Å²) in [4.78, 5) is 33.9. The van der Waals surface area contributed by atoms with Gasteiger partial charge in [-0.2, -0.15) is 0 Å². The van der Waals surface area contributed by atoms with Crippen LogP contribution in [0.25, 0.3) is 11.3 Å². The molecule has 2 aromatic rings. The molecule has 4 heterocycles. The molecule has 0 bridgehead atoms. The van der Waals surface area contributed by atoms with Crippen molar-refractivity contribution in [2.75, 3.05) is 19.7 Å². The Hall–Kier alpha value is -2.30. The molecule has 8 nitrogen and oxygen atoms in total. The first-order valence-electron chi connectivity index (χ1n) is 10.00. The normalized spacial score (nSPS) is 18.3. The van der Waals surface area contributed by atoms with Crippen molar-refractivity contribution in [3.8, 4) is 17.0 Å². The van der Waals surface area contributed by atoms with Gasteiger partial charge < -0.3 is 24.7 Å². The summed E-state index contributed by atoms with van der Waals surface area (Å²) in [5.74, 6) is 0.563. The minimum absolute atomic E-state index is 0.0328. The van der Waals surface area contributed by atoms with Crippen molar-refractivity contribution in [3.63, 3.8) is 0 Å². The van der Waals surface area contributed by atoms with Crippen LogP contribution < -0.4 is 10.1 Å². The fourth-order valence-corrected chi connectivity index (χ4v) is 4.58. The number of ether oxygens (including phenoxy) is 2. The van der Waals surface area contributed by atoms with Crippen molar-refractivity contribution < 1.29 is 19.1 Å². The van der Waals surface area contributed by atoms with Gasteiger partial charge in [0.05, 0.1) is 27.1 Å². The monoisotopic (exact) mass is 524 g/mol. The van der Waals surface area contributed by atoms with Crippen LogP contribution in [0, 0.1) is 3.57 Å². The maximum atomic E-state index is 12.3. The Labute approximate surface area is 188 Å². The zero-order valence-corrected chi connectivity index (χ0v) is 19.4. The molecule has 0 radical (unpaired) electrons. The van der Waals surface area contributed by atoms with E-state index in [-0.39, 0.29) is 18.0 Å². The van der Waals surface area contributed by atoms with Crippen molar-refractivity contribution in [2.24, 2.45) is 0 Å². The van der Waals surface area contributed by atoms with Gasteiger partial charge in [0.15, 0.2) is 0 Å². The summed E-state index contributed by atoms with van der Waals surface area (Å²) in [5.41, 5.74) is 2.82. The zero-order chi connectivity index (χ0) is 21.5. The molecule has 2 N–H and O–H groups in total. The highest BCUT2D eigenvalue weighted by molar-refractivity contribution is 14.1. The maximum Gasteiger partial charge on any atom is 0.410 e. The minimum atomic E-state index is -0.524. The van der Waals surface area contributed by atoms with E-state index < -0.39 is 5.60 Å². The number of hydrogen-bond acceptors (Lipinski definition) is 5. The van der Waals surface area contributed by atoms with E-state index in [4.69, 9.17) is 9.47 Å². The fraction of sp³-hybridized carbons (Fsp3) is 0.476. The van der Waals surface area contributed by atoms with Crippen LogP contribution in [0.4, 0.5) is 4.79 Å². The molecule has 0 spiro atoms. The number of pyridine rings is 1. The summed E-state index contributed by atoms with van der Waals surface area (Å²) < 4.78 is 12.4. The molecule has 160 valence electrons. The number of hydrogen-bond donors (Lipinski definition) is 2. The van der Waals surface area contributed by atoms with Crippen molar-refractivity contribution in [1.29, 1.82) is 0 Å². The van der Waals surface area contributed by atoms with E-state index in [0.29, 0.717) is 31.0 Å². The second kappa shape index (κ2) is 8.09. The standard InChI is InChI=1S/C21H25IN4O4/c1-21(2,3)30-20(28)26-9-6-12(26)11-29-15-10-23-7-4-13(15)18-17(22)16-14(25-18)5-8-24-19(16)27/h4,7,10,12,25H,5-6,8-9,11H2,1-3H3,(H,24,27)/t12-/m0/s1. The first kappa shape index (κ1) is 21.0. The first-order chi connectivity index (χ1) is 14.2. The first-order valence-corrected chi connectivity index (χ1v) is 11.1. The number of fused-ring (bicyclic) bond motifs is 1. The summed E-state index contributed by atoms with van der Waals surface area (Å²) in [6.45, 7) is 7.22. The highest BCUT2D eigenvalue weighted by Crippen LogP contribution is 2.36. The number of halogens is 1.